The predicted molar refractivity (Wildman–Crippen MR) is 124 cm³/mol. The van der Waals surface area contributed by atoms with E-state index in [0.29, 0.717) is 42.7 Å². The van der Waals surface area contributed by atoms with Crippen LogP contribution in [0.25, 0.3) is 0 Å². The van der Waals surface area contributed by atoms with Crippen LogP contribution >= 0.6 is 0 Å². The lowest BCUT2D eigenvalue weighted by Crippen LogP contribution is -2.61. The SMILES string of the molecule is CN1C(=O)CC[C@@]2(C)C1CC[C@@H]1[C@H]2CC[C@]2(C)CC(OC(=O)NCc3ccccc3)C[C@@H]12. The Hall–Kier alpha value is -2.04. The number of carbonyl (C=O) groups is 2. The normalized spacial score (nSPS) is 40.8. The fourth-order valence-electron chi connectivity index (χ4n) is 8.20. The number of ether oxygens (including phenoxy) is 1. The van der Waals surface area contributed by atoms with E-state index in [4.69, 9.17) is 4.74 Å². The Morgan fingerprint density at radius 1 is 1.12 bits per heavy atom. The van der Waals surface area contributed by atoms with Gasteiger partial charge in [0.25, 0.3) is 0 Å². The van der Waals surface area contributed by atoms with E-state index >= 15 is 0 Å². The molecule has 1 aromatic carbocycles. The van der Waals surface area contributed by atoms with Crippen molar-refractivity contribution in [2.75, 3.05) is 7.05 Å². The molecule has 0 aromatic heterocycles. The Morgan fingerprint density at radius 3 is 2.69 bits per heavy atom. The van der Waals surface area contributed by atoms with Gasteiger partial charge in [-0.05, 0) is 79.1 Å². The summed E-state index contributed by atoms with van der Waals surface area (Å²) >= 11 is 0. The van der Waals surface area contributed by atoms with Gasteiger partial charge in [0.1, 0.15) is 6.10 Å². The third kappa shape index (κ3) is 3.62. The number of amides is 2. The van der Waals surface area contributed by atoms with Crippen LogP contribution in [0.3, 0.4) is 0 Å². The van der Waals surface area contributed by atoms with Crippen LogP contribution in [0.4, 0.5) is 4.79 Å². The molecule has 32 heavy (non-hydrogen) atoms. The van der Waals surface area contributed by atoms with Crippen LogP contribution in [0.2, 0.25) is 0 Å². The van der Waals surface area contributed by atoms with E-state index in [0.717, 1.165) is 31.2 Å². The number of nitrogens with one attached hydrogen (secondary N) is 1. The minimum absolute atomic E-state index is 0.0145. The summed E-state index contributed by atoms with van der Waals surface area (Å²) in [6.07, 6.45) is 8.22. The largest absolute Gasteiger partial charge is 0.446 e. The lowest BCUT2D eigenvalue weighted by atomic mass is 9.47. The maximum Gasteiger partial charge on any atom is 0.407 e. The molecule has 2 unspecified atom stereocenters. The number of benzene rings is 1. The summed E-state index contributed by atoms with van der Waals surface area (Å²) in [5.74, 6) is 2.31. The number of fused-ring (bicyclic) bond motifs is 5. The fraction of sp³-hybridized carbons (Fsp3) is 0.704. The summed E-state index contributed by atoms with van der Waals surface area (Å²) in [6.45, 7) is 5.40. The van der Waals surface area contributed by atoms with E-state index in [2.05, 4.69) is 24.1 Å². The molecule has 2 amide bonds. The summed E-state index contributed by atoms with van der Waals surface area (Å²) < 4.78 is 5.93. The van der Waals surface area contributed by atoms with Gasteiger partial charge in [0.2, 0.25) is 5.91 Å². The number of hydrogen-bond acceptors (Lipinski definition) is 3. The van der Waals surface area contributed by atoms with Crippen LogP contribution in [0.15, 0.2) is 30.3 Å². The maximum atomic E-state index is 12.5. The van der Waals surface area contributed by atoms with E-state index in [-0.39, 0.29) is 23.0 Å². The summed E-state index contributed by atoms with van der Waals surface area (Å²) in [7, 11) is 2.02. The van der Waals surface area contributed by atoms with Gasteiger partial charge in [-0.1, -0.05) is 44.2 Å². The Bertz CT molecular complexity index is 873. The molecule has 1 saturated heterocycles. The predicted octanol–water partition coefficient (Wildman–Crippen LogP) is 5.14. The van der Waals surface area contributed by atoms with Crippen LogP contribution in [0.1, 0.15) is 70.8 Å². The molecule has 0 radical (unpaired) electrons. The fourth-order valence-corrected chi connectivity index (χ4v) is 8.20. The third-order valence-corrected chi connectivity index (χ3v) is 9.84. The molecule has 0 bridgehead atoms. The molecule has 1 heterocycles. The minimum atomic E-state index is -0.291. The quantitative estimate of drug-likeness (QED) is 0.710. The van der Waals surface area contributed by atoms with Crippen LogP contribution in [-0.4, -0.2) is 36.1 Å². The molecule has 7 atom stereocenters. The van der Waals surface area contributed by atoms with Gasteiger partial charge in [0.15, 0.2) is 0 Å². The molecule has 1 N–H and O–H groups in total. The molecule has 3 saturated carbocycles. The number of likely N-dealkylation sites (tertiary alicyclic amines) is 1. The van der Waals surface area contributed by atoms with Gasteiger partial charge < -0.3 is 15.0 Å². The number of nitrogens with zero attached hydrogens (tertiary/aromatic N) is 1. The van der Waals surface area contributed by atoms with Crippen molar-refractivity contribution in [2.45, 2.75) is 83.9 Å². The third-order valence-electron chi connectivity index (χ3n) is 9.84. The first-order chi connectivity index (χ1) is 15.3. The molecule has 5 rings (SSSR count). The maximum absolute atomic E-state index is 12.5. The Balaban J connectivity index is 1.24. The lowest BCUT2D eigenvalue weighted by Gasteiger charge is -2.61. The molecular formula is C27H38N2O3. The second-order valence-electron chi connectivity index (χ2n) is 11.5. The average Bonchev–Trinajstić information content (AvgIpc) is 3.12. The number of hydrogen-bond donors (Lipinski definition) is 1. The summed E-state index contributed by atoms with van der Waals surface area (Å²) in [4.78, 5) is 26.9. The first-order valence-corrected chi connectivity index (χ1v) is 12.5. The molecule has 5 heteroatoms. The molecule has 0 spiro atoms. The molecule has 3 aliphatic carbocycles. The first-order valence-electron chi connectivity index (χ1n) is 12.5. The van der Waals surface area contributed by atoms with Crippen LogP contribution < -0.4 is 5.32 Å². The van der Waals surface area contributed by atoms with E-state index in [9.17, 15) is 9.59 Å². The number of rotatable bonds is 3. The highest BCUT2D eigenvalue weighted by atomic mass is 16.6. The minimum Gasteiger partial charge on any atom is -0.446 e. The second-order valence-corrected chi connectivity index (χ2v) is 11.5. The standard InChI is InChI=1S/C27H38N2O3/c1-26-13-11-21-20(9-10-23-27(21,2)14-12-24(30)29(23)3)22(26)15-19(16-26)32-25(31)28-17-18-7-5-4-6-8-18/h4-8,19-23H,9-17H2,1-3H3,(H,28,31)/t19?,20-,21-,22+,23?,26-,27-/m1/s1. The Morgan fingerprint density at radius 2 is 1.91 bits per heavy atom. The van der Waals surface area contributed by atoms with Crippen molar-refractivity contribution in [3.05, 3.63) is 35.9 Å². The zero-order valence-corrected chi connectivity index (χ0v) is 19.8. The molecular weight excluding hydrogens is 400 g/mol. The summed E-state index contributed by atoms with van der Waals surface area (Å²) in [5, 5.41) is 2.93. The van der Waals surface area contributed by atoms with Gasteiger partial charge >= 0.3 is 6.09 Å². The van der Waals surface area contributed by atoms with Crippen molar-refractivity contribution in [3.8, 4) is 0 Å². The van der Waals surface area contributed by atoms with Crippen molar-refractivity contribution >= 4 is 12.0 Å². The summed E-state index contributed by atoms with van der Waals surface area (Å²) in [6, 6.07) is 10.4. The molecule has 4 aliphatic rings. The van der Waals surface area contributed by atoms with Gasteiger partial charge in [0, 0.05) is 26.1 Å². The number of piperidine rings is 1. The first kappa shape index (κ1) is 21.8. The average molecular weight is 439 g/mol. The highest BCUT2D eigenvalue weighted by Crippen LogP contribution is 2.64. The molecule has 4 fully saturated rings. The summed E-state index contributed by atoms with van der Waals surface area (Å²) in [5.41, 5.74) is 1.59. The molecule has 1 aromatic rings. The monoisotopic (exact) mass is 438 g/mol. The van der Waals surface area contributed by atoms with E-state index in [1.807, 2.05) is 37.4 Å². The van der Waals surface area contributed by atoms with Crippen LogP contribution in [0, 0.1) is 28.6 Å². The van der Waals surface area contributed by atoms with Gasteiger partial charge in [-0.2, -0.15) is 0 Å². The highest BCUT2D eigenvalue weighted by molar-refractivity contribution is 5.77. The lowest BCUT2D eigenvalue weighted by molar-refractivity contribution is -0.156. The molecule has 5 nitrogen and oxygen atoms in total. The van der Waals surface area contributed by atoms with Crippen molar-refractivity contribution in [3.63, 3.8) is 0 Å². The number of carbonyl (C=O) groups excluding carboxylic acids is 2. The number of alkyl carbamates (subject to hydrolysis) is 1. The second kappa shape index (κ2) is 8.07. The van der Waals surface area contributed by atoms with Gasteiger partial charge in [-0.15, -0.1) is 0 Å². The molecule has 1 aliphatic heterocycles. The Labute approximate surface area is 192 Å². The highest BCUT2D eigenvalue weighted by Gasteiger charge is 2.60. The smallest absolute Gasteiger partial charge is 0.407 e. The zero-order chi connectivity index (χ0) is 22.5. The van der Waals surface area contributed by atoms with Crippen molar-refractivity contribution < 1.29 is 14.3 Å². The van der Waals surface area contributed by atoms with E-state index in [1.54, 1.807) is 0 Å². The van der Waals surface area contributed by atoms with E-state index < -0.39 is 0 Å². The van der Waals surface area contributed by atoms with Crippen molar-refractivity contribution in [1.29, 1.82) is 0 Å². The van der Waals surface area contributed by atoms with Crippen LogP contribution in [-0.2, 0) is 16.1 Å². The van der Waals surface area contributed by atoms with Crippen molar-refractivity contribution in [1.82, 2.24) is 10.2 Å². The molecule has 174 valence electrons. The van der Waals surface area contributed by atoms with Gasteiger partial charge in [-0.3, -0.25) is 4.79 Å². The zero-order valence-electron chi connectivity index (χ0n) is 19.8. The van der Waals surface area contributed by atoms with Crippen LogP contribution in [0.5, 0.6) is 0 Å². The van der Waals surface area contributed by atoms with Gasteiger partial charge in [0.05, 0.1) is 0 Å². The Kier molecular flexibility index (Phi) is 5.50. The van der Waals surface area contributed by atoms with Crippen molar-refractivity contribution in [2.24, 2.45) is 28.6 Å². The van der Waals surface area contributed by atoms with E-state index in [1.165, 1.54) is 19.3 Å². The van der Waals surface area contributed by atoms with Gasteiger partial charge in [-0.25, -0.2) is 4.79 Å². The topological polar surface area (TPSA) is 58.6 Å².